The first-order valence-corrected chi connectivity index (χ1v) is 21.2. The lowest BCUT2D eigenvalue weighted by Crippen LogP contribution is -2.41. The highest BCUT2D eigenvalue weighted by Gasteiger charge is 2.49. The number of phosphoric ester groups is 1. The molecule has 2 aromatic rings. The van der Waals surface area contributed by atoms with E-state index in [0.29, 0.717) is 6.42 Å². The molecule has 0 aliphatic carbocycles. The number of hydrogen-bond acceptors (Lipinski definition) is 16. The number of aromatic nitrogens is 4. The molecule has 0 spiro atoms. The molecule has 2 unspecified atom stereocenters. The number of nitrogens with one attached hydrogen (secondary N) is 5. The van der Waals surface area contributed by atoms with E-state index in [1.807, 2.05) is 0 Å². The molecular formula is C23H37N10O15P3S. The monoisotopic (exact) mass is 818 g/mol. The summed E-state index contributed by atoms with van der Waals surface area (Å²) in [5.74, 6) is 0.594. The summed E-state index contributed by atoms with van der Waals surface area (Å²) in [4.78, 5) is 86.5. The first kappa shape index (κ1) is 40.2. The van der Waals surface area contributed by atoms with Crippen LogP contribution >= 0.6 is 35.1 Å². The molecule has 290 valence electrons. The molecule has 0 radical (unpaired) electrons. The van der Waals surface area contributed by atoms with Gasteiger partial charge in [0, 0.05) is 30.5 Å². The molecule has 3 aliphatic rings. The fourth-order valence-corrected chi connectivity index (χ4v) is 10.6. The van der Waals surface area contributed by atoms with Gasteiger partial charge in [-0.3, -0.25) is 13.9 Å². The number of imidazole rings is 1. The highest BCUT2D eigenvalue weighted by molar-refractivity contribution is 8.00. The Labute approximate surface area is 297 Å². The Morgan fingerprint density at radius 2 is 1.85 bits per heavy atom. The molecular weight excluding hydrogens is 781 g/mol. The molecule has 0 aromatic carbocycles. The molecule has 29 heteroatoms. The minimum absolute atomic E-state index is 0.0160. The first-order valence-electron chi connectivity index (χ1n) is 15.4. The minimum atomic E-state index is -5.57. The number of fused-ring (bicyclic) bond motifs is 2. The summed E-state index contributed by atoms with van der Waals surface area (Å²) in [6.07, 6.45) is -2.61. The number of urea groups is 1. The van der Waals surface area contributed by atoms with Crippen LogP contribution in [0.4, 0.5) is 15.4 Å². The van der Waals surface area contributed by atoms with Crippen LogP contribution < -0.4 is 31.9 Å². The number of unbranched alkanes of at least 4 members (excludes halogenated alkanes) is 1. The van der Waals surface area contributed by atoms with Gasteiger partial charge in [0.2, 0.25) is 5.91 Å². The van der Waals surface area contributed by atoms with Crippen molar-refractivity contribution in [2.45, 2.75) is 67.6 Å². The normalized spacial score (nSPS) is 28.0. The summed E-state index contributed by atoms with van der Waals surface area (Å²) in [5, 5.41) is 22.2. The minimum Gasteiger partial charge on any atom is -0.439 e. The molecule has 3 saturated heterocycles. The summed E-state index contributed by atoms with van der Waals surface area (Å²) in [7, 11) is -16.5. The van der Waals surface area contributed by atoms with E-state index >= 15 is 0 Å². The largest absolute Gasteiger partial charge is 0.480 e. The number of aliphatic hydroxyl groups is 1. The fraction of sp³-hybridized carbons (Fsp3) is 0.652. The van der Waals surface area contributed by atoms with Crippen LogP contribution in [0.25, 0.3) is 11.2 Å². The molecule has 25 nitrogen and oxygen atoms in total. The number of nitrogen functional groups attached to an aromatic ring is 1. The van der Waals surface area contributed by atoms with Gasteiger partial charge < -0.3 is 61.2 Å². The van der Waals surface area contributed by atoms with Gasteiger partial charge in [0.25, 0.3) is 0 Å². The van der Waals surface area contributed by atoms with Gasteiger partial charge in [-0.15, -0.1) is 4.86 Å². The van der Waals surface area contributed by atoms with Gasteiger partial charge in [-0.05, 0) is 12.8 Å². The summed E-state index contributed by atoms with van der Waals surface area (Å²) in [6, 6.07) is 0.0591. The van der Waals surface area contributed by atoms with E-state index in [4.69, 9.17) is 25.0 Å². The Morgan fingerprint density at radius 1 is 1.10 bits per heavy atom. The van der Waals surface area contributed by atoms with Crippen molar-refractivity contribution in [3.05, 3.63) is 12.7 Å². The number of anilines is 1. The second kappa shape index (κ2) is 16.6. The average molecular weight is 819 g/mol. The Kier molecular flexibility index (Phi) is 12.8. The quantitative estimate of drug-likeness (QED) is 0.0492. The van der Waals surface area contributed by atoms with Crippen LogP contribution in [0, 0.1) is 0 Å². The van der Waals surface area contributed by atoms with E-state index in [2.05, 4.69) is 45.1 Å². The van der Waals surface area contributed by atoms with Crippen molar-refractivity contribution in [1.82, 2.24) is 45.6 Å². The molecule has 12 N–H and O–H groups in total. The number of nitrogens with two attached hydrogens (primary N) is 1. The van der Waals surface area contributed by atoms with E-state index in [9.17, 15) is 43.0 Å². The lowest BCUT2D eigenvalue weighted by Gasteiger charge is -2.22. The molecule has 0 bridgehead atoms. The lowest BCUT2D eigenvalue weighted by molar-refractivity contribution is -0.121. The molecule has 3 fully saturated rings. The number of thioether (sulfide) groups is 1. The van der Waals surface area contributed by atoms with Crippen molar-refractivity contribution in [3.8, 4) is 0 Å². The number of aliphatic hydroxyl groups excluding tert-OH is 1. The van der Waals surface area contributed by atoms with Gasteiger partial charge >= 0.3 is 35.4 Å². The zero-order chi connectivity index (χ0) is 37.8. The maximum atomic E-state index is 12.8. The molecule has 0 saturated carbocycles. The van der Waals surface area contributed by atoms with Gasteiger partial charge in [0.1, 0.15) is 24.1 Å². The van der Waals surface area contributed by atoms with Gasteiger partial charge in [0.05, 0.1) is 25.0 Å². The molecule has 2 aromatic heterocycles. The number of nitrogens with zero attached hydrogens (tertiary/aromatic N) is 4. The summed E-state index contributed by atoms with van der Waals surface area (Å²) in [6.45, 7) is -1.07. The maximum Gasteiger partial charge on any atom is 0.480 e. The molecule has 5 rings (SSSR count). The van der Waals surface area contributed by atoms with Crippen molar-refractivity contribution in [3.63, 3.8) is 0 Å². The number of carbonyl (C=O) groups is 3. The van der Waals surface area contributed by atoms with Gasteiger partial charge in [0.15, 0.2) is 23.8 Å². The average Bonchev–Trinajstić information content (AvgIpc) is 3.79. The van der Waals surface area contributed by atoms with Crippen LogP contribution in [0.5, 0.6) is 0 Å². The van der Waals surface area contributed by atoms with Crippen LogP contribution in [-0.2, 0) is 36.8 Å². The third-order valence-corrected chi connectivity index (χ3v) is 13.6. The van der Waals surface area contributed by atoms with Crippen LogP contribution in [0.2, 0.25) is 0 Å². The topological polar surface area (TPSA) is 370 Å². The third-order valence-electron chi connectivity index (χ3n) is 7.89. The summed E-state index contributed by atoms with van der Waals surface area (Å²) in [5.41, 5.74) is 6.05. The van der Waals surface area contributed by atoms with E-state index < -0.39 is 60.6 Å². The van der Waals surface area contributed by atoms with Crippen LogP contribution in [0.15, 0.2) is 12.7 Å². The van der Waals surface area contributed by atoms with E-state index in [0.717, 1.165) is 29.8 Å². The highest BCUT2D eigenvalue weighted by atomic mass is 32.2. The van der Waals surface area contributed by atoms with Gasteiger partial charge in [-0.1, -0.05) is 6.42 Å². The van der Waals surface area contributed by atoms with Crippen molar-refractivity contribution in [1.29, 1.82) is 0 Å². The molecule has 52 heavy (non-hydrogen) atoms. The second-order valence-electron chi connectivity index (χ2n) is 11.7. The molecule has 4 amide bonds. The highest BCUT2D eigenvalue weighted by Crippen LogP contribution is 2.61. The molecule has 5 heterocycles. The maximum absolute atomic E-state index is 12.8. The van der Waals surface area contributed by atoms with Crippen molar-refractivity contribution >= 4 is 70.1 Å². The van der Waals surface area contributed by atoms with Gasteiger partial charge in [-0.2, -0.15) is 16.1 Å². The van der Waals surface area contributed by atoms with Crippen molar-refractivity contribution in [2.75, 3.05) is 31.2 Å². The smallest absolute Gasteiger partial charge is 0.439 e. The Bertz CT molecular complexity index is 1790. The number of phosphoric acid groups is 1. The third kappa shape index (κ3) is 10.6. The number of rotatable bonds is 17. The number of hydrogen-bond donors (Lipinski definition) is 11. The number of ether oxygens (including phenoxy) is 2. The molecule has 9 atom stereocenters. The standard InChI is InChI=1S/C23H37N10O15P3S/c24-19-16-20(28-9-27-19)33(10-29-16)21-18(17(35)12(46-21)7-45-51(43,44)48-50(41,42)32-49(38,39)40)47-23(37)26-6-5-25-14(34)4-2-1-3-13-15-11(8-52-13)30-22(36)31-15/h9-13,15,17-18,21,35H,1-8H2,(H,25,34)(H,26,37)(H,43,44)(H2,24,27,28)(H2,30,31,36)(H4,32,38,39,40,41,42)/t11-,12+,13-,15-,17+,18+,21+/m0/s1. The van der Waals surface area contributed by atoms with Crippen LogP contribution in [0.3, 0.4) is 0 Å². The van der Waals surface area contributed by atoms with Crippen LogP contribution in [-0.4, -0.2) is 123 Å². The molecule has 3 aliphatic heterocycles. The number of alkyl carbamates (subject to hydrolysis) is 1. The Balaban J connectivity index is 1.11. The van der Waals surface area contributed by atoms with E-state index in [1.165, 1.54) is 10.9 Å². The van der Waals surface area contributed by atoms with Crippen LogP contribution in [0.1, 0.15) is 31.9 Å². The summed E-state index contributed by atoms with van der Waals surface area (Å²) >= 11 is 1.79. The van der Waals surface area contributed by atoms with E-state index in [-0.39, 0.29) is 65.8 Å². The SMILES string of the molecule is Nc1ncnc2c1ncn2[C@@H]1O[C@H](COP(=O)(O)OP(=O)(O)NP(=O)(O)O)[C@@H](O)[C@H]1OC(=O)NCCNC(=O)CCCC[C@@H]1SC[C@@H]2NC(=O)N[C@@H]21. The number of carbonyl (C=O) groups excluding carboxylic acids is 3. The van der Waals surface area contributed by atoms with Crippen molar-refractivity contribution in [2.24, 2.45) is 0 Å². The van der Waals surface area contributed by atoms with Crippen molar-refractivity contribution < 1.29 is 71.1 Å². The predicted molar refractivity (Wildman–Crippen MR) is 177 cm³/mol. The second-order valence-corrected chi connectivity index (χ2v) is 17.7. The lowest BCUT2D eigenvalue weighted by atomic mass is 10.0. The fourth-order valence-electron chi connectivity index (χ4n) is 5.67. The Hall–Kier alpha value is -2.96. The number of amides is 4. The zero-order valence-corrected chi connectivity index (χ0v) is 30.3. The predicted octanol–water partition coefficient (Wildman–Crippen LogP) is -1.48. The van der Waals surface area contributed by atoms with E-state index in [1.54, 1.807) is 11.8 Å². The Morgan fingerprint density at radius 3 is 2.60 bits per heavy atom. The zero-order valence-electron chi connectivity index (χ0n) is 26.8. The summed E-state index contributed by atoms with van der Waals surface area (Å²) < 4.78 is 56.1. The van der Waals surface area contributed by atoms with Gasteiger partial charge in [-0.25, -0.2) is 38.2 Å². The first-order chi connectivity index (χ1) is 24.4.